The molecular formula is C8H11N3O4S. The molecule has 1 N–H and O–H groups in total. The van der Waals surface area contributed by atoms with Crippen LogP contribution >= 0.6 is 11.8 Å². The Morgan fingerprint density at radius 3 is 2.75 bits per heavy atom. The molecule has 1 rings (SSSR count). The number of aryl methyl sites for hydroxylation is 2. The van der Waals surface area contributed by atoms with Crippen molar-refractivity contribution >= 4 is 23.4 Å². The molecule has 8 heteroatoms. The molecule has 7 nitrogen and oxygen atoms in total. The molecule has 0 radical (unpaired) electrons. The van der Waals surface area contributed by atoms with Crippen LogP contribution in [0.3, 0.4) is 0 Å². The maximum Gasteiger partial charge on any atom is 0.323 e. The highest BCUT2D eigenvalue weighted by atomic mass is 32.2. The van der Waals surface area contributed by atoms with Gasteiger partial charge in [0.2, 0.25) is 0 Å². The Kier molecular flexibility index (Phi) is 3.88. The van der Waals surface area contributed by atoms with Gasteiger partial charge in [0.25, 0.3) is 0 Å². The number of aliphatic carboxylic acids is 1. The lowest BCUT2D eigenvalue weighted by Crippen LogP contribution is -2.01. The molecular weight excluding hydrogens is 234 g/mol. The fraction of sp³-hybridized carbons (Fsp3) is 0.500. The molecule has 0 saturated heterocycles. The van der Waals surface area contributed by atoms with E-state index in [2.05, 4.69) is 5.10 Å². The van der Waals surface area contributed by atoms with Gasteiger partial charge < -0.3 is 5.11 Å². The highest BCUT2D eigenvalue weighted by Crippen LogP contribution is 2.31. The van der Waals surface area contributed by atoms with Gasteiger partial charge in [-0.3, -0.25) is 19.6 Å². The average Bonchev–Trinajstić information content (AvgIpc) is 2.51. The number of nitro groups is 1. The summed E-state index contributed by atoms with van der Waals surface area (Å²) in [5, 5.41) is 23.7. The number of hydrogen-bond donors (Lipinski definition) is 1. The number of aromatic nitrogens is 2. The Morgan fingerprint density at radius 1 is 1.69 bits per heavy atom. The molecule has 0 aliphatic heterocycles. The SMILES string of the molecule is CCc1nn(C)c(SCC(=O)O)c1[N+](=O)[O-]. The lowest BCUT2D eigenvalue weighted by molar-refractivity contribution is -0.388. The van der Waals surface area contributed by atoms with E-state index in [4.69, 9.17) is 5.11 Å². The van der Waals surface area contributed by atoms with Gasteiger partial charge >= 0.3 is 11.7 Å². The van der Waals surface area contributed by atoms with Crippen molar-refractivity contribution in [1.29, 1.82) is 0 Å². The molecule has 0 aliphatic rings. The smallest absolute Gasteiger partial charge is 0.323 e. The van der Waals surface area contributed by atoms with E-state index in [9.17, 15) is 14.9 Å². The highest BCUT2D eigenvalue weighted by Gasteiger charge is 2.26. The minimum absolute atomic E-state index is 0.0868. The number of nitrogens with zero attached hydrogens (tertiary/aromatic N) is 3. The quantitative estimate of drug-likeness (QED) is 0.473. The van der Waals surface area contributed by atoms with Crippen LogP contribution in [-0.4, -0.2) is 31.5 Å². The first-order chi connectivity index (χ1) is 7.47. The summed E-state index contributed by atoms with van der Waals surface area (Å²) in [4.78, 5) is 20.8. The van der Waals surface area contributed by atoms with E-state index in [0.717, 1.165) is 11.8 Å². The summed E-state index contributed by atoms with van der Waals surface area (Å²) in [6.07, 6.45) is 0.442. The lowest BCUT2D eigenvalue weighted by atomic mass is 10.3. The third-order valence-corrected chi connectivity index (χ3v) is 3.01. The zero-order valence-electron chi connectivity index (χ0n) is 8.84. The summed E-state index contributed by atoms with van der Waals surface area (Å²) in [5.74, 6) is -1.23. The zero-order valence-corrected chi connectivity index (χ0v) is 9.65. The summed E-state index contributed by atoms with van der Waals surface area (Å²) < 4.78 is 1.35. The molecule has 1 aromatic rings. The van der Waals surface area contributed by atoms with E-state index in [0.29, 0.717) is 12.1 Å². The molecule has 0 aliphatic carbocycles. The van der Waals surface area contributed by atoms with E-state index in [1.807, 2.05) is 0 Å². The fourth-order valence-electron chi connectivity index (χ4n) is 1.26. The standard InChI is InChI=1S/C8H11N3O4S/c1-3-5-7(11(14)15)8(10(2)9-5)16-4-6(12)13/h3-4H2,1-2H3,(H,12,13). The third-order valence-electron chi connectivity index (χ3n) is 1.89. The van der Waals surface area contributed by atoms with Crippen LogP contribution in [0.1, 0.15) is 12.6 Å². The molecule has 16 heavy (non-hydrogen) atoms. The maximum absolute atomic E-state index is 10.9. The van der Waals surface area contributed by atoms with Crippen LogP contribution < -0.4 is 0 Å². The first-order valence-electron chi connectivity index (χ1n) is 4.52. The summed E-state index contributed by atoms with van der Waals surface area (Å²) in [6, 6.07) is 0. The molecule has 0 spiro atoms. The minimum atomic E-state index is -1.02. The molecule has 0 atom stereocenters. The molecule has 0 aromatic carbocycles. The molecule has 88 valence electrons. The van der Waals surface area contributed by atoms with Crippen LogP contribution in [0.5, 0.6) is 0 Å². The van der Waals surface area contributed by atoms with Gasteiger partial charge in [0, 0.05) is 7.05 Å². The Balaban J connectivity index is 3.10. The number of carboxylic acids is 1. The summed E-state index contributed by atoms with van der Waals surface area (Å²) >= 11 is 0.906. The van der Waals surface area contributed by atoms with Gasteiger partial charge in [-0.2, -0.15) is 5.10 Å². The van der Waals surface area contributed by atoms with Crippen molar-refractivity contribution in [2.45, 2.75) is 18.4 Å². The van der Waals surface area contributed by atoms with Crippen LogP contribution in [0.2, 0.25) is 0 Å². The largest absolute Gasteiger partial charge is 0.481 e. The Bertz CT molecular complexity index is 429. The lowest BCUT2D eigenvalue weighted by Gasteiger charge is -1.98. The molecule has 1 aromatic heterocycles. The van der Waals surface area contributed by atoms with Gasteiger partial charge in [-0.25, -0.2) is 0 Å². The molecule has 0 unspecified atom stereocenters. The van der Waals surface area contributed by atoms with Crippen molar-refractivity contribution in [2.75, 3.05) is 5.75 Å². The van der Waals surface area contributed by atoms with Gasteiger partial charge in [-0.15, -0.1) is 0 Å². The highest BCUT2D eigenvalue weighted by molar-refractivity contribution is 8.00. The average molecular weight is 245 g/mol. The molecule has 0 fully saturated rings. The van der Waals surface area contributed by atoms with Gasteiger partial charge in [0.05, 0.1) is 10.7 Å². The molecule has 0 saturated carbocycles. The predicted molar refractivity (Wildman–Crippen MR) is 57.6 cm³/mol. The third kappa shape index (κ3) is 2.51. The number of carbonyl (C=O) groups is 1. The predicted octanol–water partition coefficient (Wildman–Crippen LogP) is 1.07. The van der Waals surface area contributed by atoms with E-state index >= 15 is 0 Å². The fourth-order valence-corrected chi connectivity index (χ4v) is 2.08. The molecule has 1 heterocycles. The zero-order chi connectivity index (χ0) is 12.3. The Hall–Kier alpha value is -1.57. The Morgan fingerprint density at radius 2 is 2.31 bits per heavy atom. The minimum Gasteiger partial charge on any atom is -0.481 e. The van der Waals surface area contributed by atoms with Crippen LogP contribution in [-0.2, 0) is 18.3 Å². The van der Waals surface area contributed by atoms with E-state index in [1.54, 1.807) is 14.0 Å². The number of rotatable bonds is 5. The maximum atomic E-state index is 10.9. The first-order valence-corrected chi connectivity index (χ1v) is 5.50. The van der Waals surface area contributed by atoms with Crippen LogP contribution in [0, 0.1) is 10.1 Å². The van der Waals surface area contributed by atoms with Crippen molar-refractivity contribution in [3.63, 3.8) is 0 Å². The van der Waals surface area contributed by atoms with Crippen LogP contribution in [0.4, 0.5) is 5.69 Å². The number of hydrogen-bond acceptors (Lipinski definition) is 5. The molecule has 0 amide bonds. The summed E-state index contributed by atoms with van der Waals surface area (Å²) in [6.45, 7) is 1.76. The summed E-state index contributed by atoms with van der Waals surface area (Å²) in [5.41, 5.74) is 0.289. The van der Waals surface area contributed by atoms with Crippen molar-refractivity contribution in [3.05, 3.63) is 15.8 Å². The first kappa shape index (κ1) is 12.5. The molecule has 0 bridgehead atoms. The second-order valence-electron chi connectivity index (χ2n) is 3.02. The second-order valence-corrected chi connectivity index (χ2v) is 3.98. The van der Waals surface area contributed by atoms with Crippen molar-refractivity contribution in [1.82, 2.24) is 9.78 Å². The summed E-state index contributed by atoms with van der Waals surface area (Å²) in [7, 11) is 1.57. The van der Waals surface area contributed by atoms with E-state index in [-0.39, 0.29) is 16.5 Å². The van der Waals surface area contributed by atoms with Crippen LogP contribution in [0.15, 0.2) is 5.03 Å². The van der Waals surface area contributed by atoms with Crippen molar-refractivity contribution in [2.24, 2.45) is 7.05 Å². The van der Waals surface area contributed by atoms with Gasteiger partial charge in [0.1, 0.15) is 5.69 Å². The number of thioether (sulfide) groups is 1. The topological polar surface area (TPSA) is 98.3 Å². The van der Waals surface area contributed by atoms with Crippen molar-refractivity contribution in [3.8, 4) is 0 Å². The number of carboxylic acid groups (broad SMARTS) is 1. The van der Waals surface area contributed by atoms with Crippen molar-refractivity contribution < 1.29 is 14.8 Å². The van der Waals surface area contributed by atoms with Gasteiger partial charge in [0.15, 0.2) is 5.03 Å². The van der Waals surface area contributed by atoms with Crippen LogP contribution in [0.25, 0.3) is 0 Å². The Labute approximate surface area is 95.6 Å². The van der Waals surface area contributed by atoms with Gasteiger partial charge in [-0.1, -0.05) is 18.7 Å². The van der Waals surface area contributed by atoms with E-state index < -0.39 is 10.9 Å². The van der Waals surface area contributed by atoms with Gasteiger partial charge in [-0.05, 0) is 6.42 Å². The van der Waals surface area contributed by atoms with E-state index in [1.165, 1.54) is 4.68 Å². The monoisotopic (exact) mass is 245 g/mol. The second kappa shape index (κ2) is 4.97. The normalized spacial score (nSPS) is 10.4.